The molecule has 2 unspecified atom stereocenters. The van der Waals surface area contributed by atoms with Gasteiger partial charge in [0.1, 0.15) is 0 Å². The van der Waals surface area contributed by atoms with Gasteiger partial charge in [-0.15, -0.1) is 0 Å². The largest absolute Gasteiger partial charge is 0.481 e. The highest BCUT2D eigenvalue weighted by Gasteiger charge is 2.28. The van der Waals surface area contributed by atoms with Crippen LogP contribution >= 0.6 is 0 Å². The van der Waals surface area contributed by atoms with Crippen molar-refractivity contribution in [3.8, 4) is 0 Å². The van der Waals surface area contributed by atoms with Gasteiger partial charge in [0, 0.05) is 19.6 Å². The van der Waals surface area contributed by atoms with Crippen molar-refractivity contribution in [2.75, 3.05) is 13.2 Å². The van der Waals surface area contributed by atoms with Gasteiger partial charge in [-0.1, -0.05) is 20.3 Å². The zero-order chi connectivity index (χ0) is 14.5. The molecule has 1 fully saturated rings. The Hall–Kier alpha value is -1.10. The molecular formula is C14H25NO4. The highest BCUT2D eigenvalue weighted by Crippen LogP contribution is 2.31. The van der Waals surface area contributed by atoms with Crippen LogP contribution in [0.3, 0.4) is 0 Å². The number of nitrogens with one attached hydrogen (secondary N) is 1. The zero-order valence-electron chi connectivity index (χ0n) is 11.8. The highest BCUT2D eigenvalue weighted by atomic mass is 16.4. The van der Waals surface area contributed by atoms with Crippen molar-refractivity contribution in [1.82, 2.24) is 5.32 Å². The second kappa shape index (κ2) is 6.89. The van der Waals surface area contributed by atoms with E-state index in [9.17, 15) is 14.7 Å². The van der Waals surface area contributed by atoms with E-state index in [0.29, 0.717) is 18.4 Å². The van der Waals surface area contributed by atoms with Crippen molar-refractivity contribution in [2.45, 2.75) is 46.0 Å². The van der Waals surface area contributed by atoms with Crippen LogP contribution in [0.2, 0.25) is 0 Å². The number of hydrogen-bond donors (Lipinski definition) is 3. The molecule has 0 aromatic carbocycles. The minimum atomic E-state index is -0.881. The smallest absolute Gasteiger partial charge is 0.303 e. The lowest BCUT2D eigenvalue weighted by molar-refractivity contribution is -0.139. The summed E-state index contributed by atoms with van der Waals surface area (Å²) < 4.78 is 0. The summed E-state index contributed by atoms with van der Waals surface area (Å²) >= 11 is 0. The van der Waals surface area contributed by atoms with Gasteiger partial charge in [-0.2, -0.15) is 0 Å². The minimum absolute atomic E-state index is 0.0108. The van der Waals surface area contributed by atoms with Gasteiger partial charge in [-0.05, 0) is 30.1 Å². The molecule has 1 amide bonds. The minimum Gasteiger partial charge on any atom is -0.481 e. The number of aliphatic carboxylic acids is 1. The van der Waals surface area contributed by atoms with Crippen LogP contribution in [0.15, 0.2) is 0 Å². The maximum Gasteiger partial charge on any atom is 0.303 e. The first-order valence-corrected chi connectivity index (χ1v) is 6.93. The van der Waals surface area contributed by atoms with Gasteiger partial charge >= 0.3 is 5.97 Å². The summed E-state index contributed by atoms with van der Waals surface area (Å²) in [6.45, 7) is 4.35. The van der Waals surface area contributed by atoms with Crippen molar-refractivity contribution >= 4 is 11.9 Å². The first kappa shape index (κ1) is 16.0. The van der Waals surface area contributed by atoms with Crippen molar-refractivity contribution in [1.29, 1.82) is 0 Å². The van der Waals surface area contributed by atoms with Crippen LogP contribution in [-0.2, 0) is 9.59 Å². The van der Waals surface area contributed by atoms with E-state index in [-0.39, 0.29) is 25.4 Å². The molecule has 1 aliphatic carbocycles. The lowest BCUT2D eigenvalue weighted by Gasteiger charge is -2.23. The van der Waals surface area contributed by atoms with Crippen LogP contribution in [0, 0.1) is 17.3 Å². The monoisotopic (exact) mass is 271 g/mol. The molecule has 0 bridgehead atoms. The lowest BCUT2D eigenvalue weighted by atomic mass is 9.85. The van der Waals surface area contributed by atoms with E-state index >= 15 is 0 Å². The first-order chi connectivity index (χ1) is 8.84. The van der Waals surface area contributed by atoms with Gasteiger partial charge in [-0.25, -0.2) is 0 Å². The second-order valence-corrected chi connectivity index (χ2v) is 6.35. The van der Waals surface area contributed by atoms with Crippen LogP contribution in [0.25, 0.3) is 0 Å². The SMILES string of the molecule is CC(C)(CC(=O)O)CC(=O)NCC1CCCC1CO. The number of carboxylic acids is 1. The van der Waals surface area contributed by atoms with Gasteiger partial charge in [0.2, 0.25) is 5.91 Å². The number of aliphatic hydroxyl groups is 1. The Morgan fingerprint density at radius 1 is 1.21 bits per heavy atom. The summed E-state index contributed by atoms with van der Waals surface area (Å²) in [5, 5.41) is 20.9. The molecule has 0 saturated heterocycles. The number of carboxylic acid groups (broad SMARTS) is 1. The maximum absolute atomic E-state index is 11.8. The molecule has 0 heterocycles. The normalized spacial score (nSPS) is 23.3. The number of carbonyl (C=O) groups excluding carboxylic acids is 1. The van der Waals surface area contributed by atoms with Gasteiger partial charge in [0.05, 0.1) is 6.42 Å². The van der Waals surface area contributed by atoms with Crippen molar-refractivity contribution in [3.63, 3.8) is 0 Å². The Morgan fingerprint density at radius 3 is 2.42 bits per heavy atom. The van der Waals surface area contributed by atoms with E-state index in [1.54, 1.807) is 13.8 Å². The number of amides is 1. The fourth-order valence-corrected chi connectivity index (χ4v) is 2.84. The molecule has 110 valence electrons. The molecule has 5 heteroatoms. The van der Waals surface area contributed by atoms with Crippen molar-refractivity contribution in [3.05, 3.63) is 0 Å². The van der Waals surface area contributed by atoms with E-state index in [2.05, 4.69) is 5.32 Å². The Labute approximate surface area is 114 Å². The molecule has 3 N–H and O–H groups in total. The summed E-state index contributed by atoms with van der Waals surface area (Å²) in [7, 11) is 0. The molecule has 5 nitrogen and oxygen atoms in total. The molecular weight excluding hydrogens is 246 g/mol. The van der Waals surface area contributed by atoms with Crippen LogP contribution < -0.4 is 5.32 Å². The quantitative estimate of drug-likeness (QED) is 0.653. The molecule has 0 aromatic rings. The molecule has 1 rings (SSSR count). The summed E-state index contributed by atoms with van der Waals surface area (Å²) in [5.74, 6) is -0.326. The van der Waals surface area contributed by atoms with Crippen molar-refractivity contribution < 1.29 is 19.8 Å². The second-order valence-electron chi connectivity index (χ2n) is 6.35. The Balaban J connectivity index is 2.33. The van der Waals surface area contributed by atoms with E-state index in [1.165, 1.54) is 0 Å². The predicted molar refractivity (Wildman–Crippen MR) is 71.6 cm³/mol. The molecule has 1 saturated carbocycles. The predicted octanol–water partition coefficient (Wildman–Crippen LogP) is 1.40. The average molecular weight is 271 g/mol. The number of rotatable bonds is 7. The molecule has 0 spiro atoms. The summed E-state index contributed by atoms with van der Waals surface area (Å²) in [6.07, 6.45) is 3.39. The van der Waals surface area contributed by atoms with Crippen LogP contribution in [0.5, 0.6) is 0 Å². The lowest BCUT2D eigenvalue weighted by Crippen LogP contribution is -2.34. The summed E-state index contributed by atoms with van der Waals surface area (Å²) in [5.41, 5.74) is -0.526. The molecule has 2 atom stereocenters. The third kappa shape index (κ3) is 5.59. The van der Waals surface area contributed by atoms with E-state index in [1.807, 2.05) is 0 Å². The van der Waals surface area contributed by atoms with Gasteiger partial charge in [0.15, 0.2) is 0 Å². The Morgan fingerprint density at radius 2 is 1.84 bits per heavy atom. The van der Waals surface area contributed by atoms with Gasteiger partial charge in [-0.3, -0.25) is 9.59 Å². The average Bonchev–Trinajstić information content (AvgIpc) is 2.70. The third-order valence-electron chi connectivity index (χ3n) is 3.88. The van der Waals surface area contributed by atoms with Crippen molar-refractivity contribution in [2.24, 2.45) is 17.3 Å². The van der Waals surface area contributed by atoms with Crippen LogP contribution in [-0.4, -0.2) is 35.2 Å². The van der Waals surface area contributed by atoms with Crippen LogP contribution in [0.4, 0.5) is 0 Å². The molecule has 0 aliphatic heterocycles. The zero-order valence-corrected chi connectivity index (χ0v) is 11.8. The molecule has 0 radical (unpaired) electrons. The number of aliphatic hydroxyl groups excluding tert-OH is 1. The van der Waals surface area contributed by atoms with Gasteiger partial charge in [0.25, 0.3) is 0 Å². The Bertz CT molecular complexity index is 327. The standard InChI is InChI=1S/C14H25NO4/c1-14(2,7-13(18)19)6-12(17)15-8-10-4-3-5-11(10)9-16/h10-11,16H,3-9H2,1-2H3,(H,15,17)(H,18,19). The molecule has 19 heavy (non-hydrogen) atoms. The number of hydrogen-bond acceptors (Lipinski definition) is 3. The van der Waals surface area contributed by atoms with E-state index in [4.69, 9.17) is 5.11 Å². The summed E-state index contributed by atoms with van der Waals surface area (Å²) in [6, 6.07) is 0. The first-order valence-electron chi connectivity index (χ1n) is 6.93. The highest BCUT2D eigenvalue weighted by molar-refractivity contribution is 5.77. The third-order valence-corrected chi connectivity index (χ3v) is 3.88. The summed E-state index contributed by atoms with van der Waals surface area (Å²) in [4.78, 5) is 22.5. The van der Waals surface area contributed by atoms with Gasteiger partial charge < -0.3 is 15.5 Å². The molecule has 1 aliphatic rings. The van der Waals surface area contributed by atoms with E-state index < -0.39 is 11.4 Å². The Kier molecular flexibility index (Phi) is 5.79. The topological polar surface area (TPSA) is 86.6 Å². The fourth-order valence-electron chi connectivity index (χ4n) is 2.84. The number of carbonyl (C=O) groups is 2. The fraction of sp³-hybridized carbons (Fsp3) is 0.857. The molecule has 0 aromatic heterocycles. The van der Waals surface area contributed by atoms with Crippen LogP contribution in [0.1, 0.15) is 46.0 Å². The maximum atomic E-state index is 11.8. The van der Waals surface area contributed by atoms with E-state index in [0.717, 1.165) is 19.3 Å².